The summed E-state index contributed by atoms with van der Waals surface area (Å²) in [6.07, 6.45) is 2.75. The van der Waals surface area contributed by atoms with Crippen molar-refractivity contribution in [3.05, 3.63) is 23.9 Å². The van der Waals surface area contributed by atoms with Crippen LogP contribution >= 0.6 is 0 Å². The zero-order valence-corrected chi connectivity index (χ0v) is 12.3. The first-order valence-corrected chi connectivity index (χ1v) is 7.64. The average molecular weight is 290 g/mol. The molecule has 0 aliphatic carbocycles. The van der Waals surface area contributed by atoms with Gasteiger partial charge in [-0.2, -0.15) is 0 Å². The number of rotatable bonds is 2. The van der Waals surface area contributed by atoms with Crippen molar-refractivity contribution in [1.82, 2.24) is 15.2 Å². The molecule has 6 heteroatoms. The molecule has 0 atom stereocenters. The fraction of sp³-hybridized carbons (Fsp3) is 0.600. The summed E-state index contributed by atoms with van der Waals surface area (Å²) in [7, 11) is 0. The van der Waals surface area contributed by atoms with Gasteiger partial charge in [0.2, 0.25) is 0 Å². The van der Waals surface area contributed by atoms with Crippen LogP contribution in [-0.4, -0.2) is 68.3 Å². The molecule has 2 fully saturated rings. The number of aromatic nitrogens is 1. The maximum Gasteiger partial charge on any atom is 0.257 e. The largest absolute Gasteiger partial charge is 0.378 e. The molecule has 1 aromatic heterocycles. The summed E-state index contributed by atoms with van der Waals surface area (Å²) in [6.45, 7) is 6.37. The van der Waals surface area contributed by atoms with Crippen molar-refractivity contribution in [2.75, 3.05) is 57.4 Å². The van der Waals surface area contributed by atoms with Gasteiger partial charge < -0.3 is 19.9 Å². The van der Waals surface area contributed by atoms with Gasteiger partial charge in [-0.05, 0) is 25.1 Å². The molecule has 2 aliphatic rings. The van der Waals surface area contributed by atoms with Crippen molar-refractivity contribution >= 4 is 11.7 Å². The lowest BCUT2D eigenvalue weighted by molar-refractivity contribution is 0.0765. The predicted molar refractivity (Wildman–Crippen MR) is 80.7 cm³/mol. The molecule has 0 spiro atoms. The van der Waals surface area contributed by atoms with E-state index < -0.39 is 0 Å². The molecule has 0 saturated carbocycles. The predicted octanol–water partition coefficient (Wildman–Crippen LogP) is 0.354. The van der Waals surface area contributed by atoms with Gasteiger partial charge in [0, 0.05) is 38.9 Å². The van der Waals surface area contributed by atoms with E-state index in [1.54, 1.807) is 6.20 Å². The van der Waals surface area contributed by atoms with Crippen molar-refractivity contribution in [2.45, 2.75) is 6.42 Å². The topological polar surface area (TPSA) is 57.7 Å². The second-order valence-corrected chi connectivity index (χ2v) is 5.37. The average Bonchev–Trinajstić information content (AvgIpc) is 2.84. The van der Waals surface area contributed by atoms with Gasteiger partial charge in [-0.1, -0.05) is 0 Å². The maximum atomic E-state index is 12.8. The normalized spacial score (nSPS) is 20.2. The Balaban J connectivity index is 1.81. The minimum Gasteiger partial charge on any atom is -0.378 e. The summed E-state index contributed by atoms with van der Waals surface area (Å²) in [5.74, 6) is 0.885. The van der Waals surface area contributed by atoms with Crippen molar-refractivity contribution in [3.63, 3.8) is 0 Å². The van der Waals surface area contributed by atoms with E-state index in [0.717, 1.165) is 51.5 Å². The Labute approximate surface area is 125 Å². The minimum absolute atomic E-state index is 0.0910. The van der Waals surface area contributed by atoms with Crippen LogP contribution in [-0.2, 0) is 4.74 Å². The summed E-state index contributed by atoms with van der Waals surface area (Å²) < 4.78 is 5.38. The first-order valence-electron chi connectivity index (χ1n) is 7.64. The maximum absolute atomic E-state index is 12.8. The molecular weight excluding hydrogens is 268 g/mol. The van der Waals surface area contributed by atoms with Crippen LogP contribution in [0, 0.1) is 0 Å². The number of hydrogen-bond donors (Lipinski definition) is 1. The van der Waals surface area contributed by atoms with Crippen LogP contribution in [0.1, 0.15) is 16.8 Å². The summed E-state index contributed by atoms with van der Waals surface area (Å²) in [5, 5.41) is 3.33. The van der Waals surface area contributed by atoms with Gasteiger partial charge in [-0.25, -0.2) is 4.98 Å². The Morgan fingerprint density at radius 2 is 2.05 bits per heavy atom. The summed E-state index contributed by atoms with van der Waals surface area (Å²) >= 11 is 0. The van der Waals surface area contributed by atoms with E-state index in [1.165, 1.54) is 0 Å². The first kappa shape index (κ1) is 14.3. The van der Waals surface area contributed by atoms with Gasteiger partial charge in [-0.3, -0.25) is 4.79 Å². The van der Waals surface area contributed by atoms with Crippen LogP contribution in [0.4, 0.5) is 5.82 Å². The number of morpholine rings is 1. The fourth-order valence-corrected chi connectivity index (χ4v) is 2.81. The van der Waals surface area contributed by atoms with Crippen LogP contribution in [0.5, 0.6) is 0 Å². The third-order valence-corrected chi connectivity index (χ3v) is 3.96. The summed E-state index contributed by atoms with van der Waals surface area (Å²) in [6, 6.07) is 3.73. The second-order valence-electron chi connectivity index (χ2n) is 5.37. The SMILES string of the molecule is O=C(c1cccnc1N1CCOCC1)N1CCCNCC1. The molecular formula is C15H22N4O2. The van der Waals surface area contributed by atoms with Gasteiger partial charge in [0.1, 0.15) is 5.82 Å². The Hall–Kier alpha value is -1.66. The molecule has 3 heterocycles. The van der Waals surface area contributed by atoms with Crippen molar-refractivity contribution in [1.29, 1.82) is 0 Å². The van der Waals surface area contributed by atoms with E-state index in [1.807, 2.05) is 17.0 Å². The lowest BCUT2D eigenvalue weighted by Crippen LogP contribution is -2.40. The third kappa shape index (κ3) is 3.33. The van der Waals surface area contributed by atoms with Crippen LogP contribution in [0.15, 0.2) is 18.3 Å². The molecule has 2 aliphatic heterocycles. The number of pyridine rings is 1. The molecule has 21 heavy (non-hydrogen) atoms. The number of ether oxygens (including phenoxy) is 1. The monoisotopic (exact) mass is 290 g/mol. The number of carbonyl (C=O) groups excluding carboxylic acids is 1. The van der Waals surface area contributed by atoms with Gasteiger partial charge in [-0.15, -0.1) is 0 Å². The number of nitrogens with zero attached hydrogens (tertiary/aromatic N) is 3. The highest BCUT2D eigenvalue weighted by Crippen LogP contribution is 2.20. The number of nitrogens with one attached hydrogen (secondary N) is 1. The van der Waals surface area contributed by atoms with Crippen LogP contribution < -0.4 is 10.2 Å². The van der Waals surface area contributed by atoms with E-state index >= 15 is 0 Å². The Bertz CT molecular complexity index is 480. The molecule has 114 valence electrons. The molecule has 6 nitrogen and oxygen atoms in total. The highest BCUT2D eigenvalue weighted by Gasteiger charge is 2.24. The molecule has 1 amide bonds. The molecule has 3 rings (SSSR count). The van der Waals surface area contributed by atoms with E-state index in [4.69, 9.17) is 4.74 Å². The standard InChI is InChI=1S/C15H22N4O2/c20-15(19-7-2-4-16-6-8-19)13-3-1-5-17-14(13)18-9-11-21-12-10-18/h1,3,5,16H,2,4,6-12H2. The summed E-state index contributed by atoms with van der Waals surface area (Å²) in [4.78, 5) is 21.3. The Morgan fingerprint density at radius 3 is 2.90 bits per heavy atom. The zero-order chi connectivity index (χ0) is 14.5. The number of carbonyl (C=O) groups is 1. The van der Waals surface area contributed by atoms with Gasteiger partial charge in [0.15, 0.2) is 0 Å². The quantitative estimate of drug-likeness (QED) is 0.852. The van der Waals surface area contributed by atoms with E-state index in [-0.39, 0.29) is 5.91 Å². The van der Waals surface area contributed by atoms with Crippen molar-refractivity contribution in [3.8, 4) is 0 Å². The van der Waals surface area contributed by atoms with Crippen LogP contribution in [0.25, 0.3) is 0 Å². The van der Waals surface area contributed by atoms with Crippen LogP contribution in [0.2, 0.25) is 0 Å². The molecule has 0 radical (unpaired) electrons. The first-order chi connectivity index (χ1) is 10.4. The van der Waals surface area contributed by atoms with Gasteiger partial charge in [0.05, 0.1) is 18.8 Å². The van der Waals surface area contributed by atoms with Crippen LogP contribution in [0.3, 0.4) is 0 Å². The molecule has 1 N–H and O–H groups in total. The smallest absolute Gasteiger partial charge is 0.257 e. The summed E-state index contributed by atoms with van der Waals surface area (Å²) in [5.41, 5.74) is 0.710. The van der Waals surface area contributed by atoms with Gasteiger partial charge >= 0.3 is 0 Å². The Kier molecular flexibility index (Phi) is 4.67. The van der Waals surface area contributed by atoms with Gasteiger partial charge in [0.25, 0.3) is 5.91 Å². The number of amides is 1. The lowest BCUT2D eigenvalue weighted by atomic mass is 10.2. The van der Waals surface area contributed by atoms with E-state index in [9.17, 15) is 4.79 Å². The molecule has 0 aromatic carbocycles. The van der Waals surface area contributed by atoms with E-state index in [2.05, 4.69) is 15.2 Å². The molecule has 0 bridgehead atoms. The molecule has 1 aromatic rings. The highest BCUT2D eigenvalue weighted by molar-refractivity contribution is 5.99. The fourth-order valence-electron chi connectivity index (χ4n) is 2.81. The zero-order valence-electron chi connectivity index (χ0n) is 12.3. The molecule has 2 saturated heterocycles. The Morgan fingerprint density at radius 1 is 1.19 bits per heavy atom. The highest BCUT2D eigenvalue weighted by atomic mass is 16.5. The van der Waals surface area contributed by atoms with E-state index in [0.29, 0.717) is 18.8 Å². The number of hydrogen-bond acceptors (Lipinski definition) is 5. The lowest BCUT2D eigenvalue weighted by Gasteiger charge is -2.30. The second kappa shape index (κ2) is 6.87. The number of anilines is 1. The minimum atomic E-state index is 0.0910. The third-order valence-electron chi connectivity index (χ3n) is 3.96. The van der Waals surface area contributed by atoms with Crippen molar-refractivity contribution in [2.24, 2.45) is 0 Å². The van der Waals surface area contributed by atoms with Crippen molar-refractivity contribution < 1.29 is 9.53 Å². The molecule has 0 unspecified atom stereocenters.